The molecule has 0 spiro atoms. The number of likely N-dealkylation sites (tertiary alicyclic amines) is 1. The Balaban J connectivity index is 1.68. The van der Waals surface area contributed by atoms with Crippen molar-refractivity contribution in [2.75, 3.05) is 26.7 Å². The molecule has 1 unspecified atom stereocenters. The Morgan fingerprint density at radius 1 is 1.21 bits per heavy atom. The fraction of sp³-hybridized carbons (Fsp3) is 0.421. The van der Waals surface area contributed by atoms with Crippen LogP contribution in [0.15, 0.2) is 42.6 Å². The molecule has 3 rings (SSSR count). The third-order valence-corrected chi connectivity index (χ3v) is 4.71. The van der Waals surface area contributed by atoms with Gasteiger partial charge in [-0.15, -0.1) is 0 Å². The summed E-state index contributed by atoms with van der Waals surface area (Å²) in [6.45, 7) is 2.80. The Bertz CT molecular complexity index is 672. The van der Waals surface area contributed by atoms with Crippen LogP contribution < -0.4 is 10.1 Å². The molecule has 2 heterocycles. The molecule has 1 amide bonds. The number of carbonyl (C=O) groups excluding carboxylic acids is 1. The first kappa shape index (κ1) is 16.6. The van der Waals surface area contributed by atoms with Crippen LogP contribution in [0.25, 0.3) is 0 Å². The molecule has 0 saturated carbocycles. The van der Waals surface area contributed by atoms with Crippen LogP contribution in [0.3, 0.4) is 0 Å². The largest absolute Gasteiger partial charge is 0.497 e. The van der Waals surface area contributed by atoms with E-state index >= 15 is 0 Å². The molecule has 0 bridgehead atoms. The summed E-state index contributed by atoms with van der Waals surface area (Å²) in [6, 6.07) is 11.6. The van der Waals surface area contributed by atoms with Gasteiger partial charge in [0.25, 0.3) is 5.91 Å². The van der Waals surface area contributed by atoms with E-state index in [4.69, 9.17) is 4.74 Å². The molecule has 5 nitrogen and oxygen atoms in total. The zero-order valence-corrected chi connectivity index (χ0v) is 14.4. The van der Waals surface area contributed by atoms with Crippen LogP contribution in [0, 0.1) is 0 Å². The lowest BCUT2D eigenvalue weighted by molar-refractivity contribution is 0.0936. The lowest BCUT2D eigenvalue weighted by Gasteiger charge is -2.28. The number of aromatic nitrogens is 1. The average Bonchev–Trinajstić information content (AvgIpc) is 3.28. The average molecular weight is 327 g/mol. The Kier molecular flexibility index (Phi) is 5.20. The summed E-state index contributed by atoms with van der Waals surface area (Å²) < 4.78 is 7.28. The van der Waals surface area contributed by atoms with Gasteiger partial charge in [0.05, 0.1) is 13.2 Å². The number of carbonyl (C=O) groups is 1. The number of methoxy groups -OCH3 is 1. The van der Waals surface area contributed by atoms with Crippen LogP contribution in [-0.2, 0) is 7.05 Å². The monoisotopic (exact) mass is 327 g/mol. The Morgan fingerprint density at radius 2 is 1.92 bits per heavy atom. The van der Waals surface area contributed by atoms with Crippen LogP contribution >= 0.6 is 0 Å². The van der Waals surface area contributed by atoms with Gasteiger partial charge in [-0.2, -0.15) is 0 Å². The molecule has 1 saturated heterocycles. The number of amides is 1. The Morgan fingerprint density at radius 3 is 2.50 bits per heavy atom. The number of hydrogen-bond acceptors (Lipinski definition) is 3. The molecule has 0 radical (unpaired) electrons. The van der Waals surface area contributed by atoms with Crippen molar-refractivity contribution in [2.24, 2.45) is 7.05 Å². The summed E-state index contributed by atoms with van der Waals surface area (Å²) in [7, 11) is 3.68. The summed E-state index contributed by atoms with van der Waals surface area (Å²) in [6.07, 6.45) is 4.52. The maximum Gasteiger partial charge on any atom is 0.251 e. The second-order valence-corrected chi connectivity index (χ2v) is 6.24. The fourth-order valence-corrected chi connectivity index (χ4v) is 3.33. The van der Waals surface area contributed by atoms with Gasteiger partial charge in [-0.05, 0) is 62.3 Å². The predicted molar refractivity (Wildman–Crippen MR) is 94.3 cm³/mol. The van der Waals surface area contributed by atoms with Gasteiger partial charge in [-0.25, -0.2) is 0 Å². The van der Waals surface area contributed by atoms with Crippen LogP contribution in [0.4, 0.5) is 0 Å². The lowest BCUT2D eigenvalue weighted by atomic mass is 10.1. The van der Waals surface area contributed by atoms with Crippen LogP contribution in [-0.4, -0.2) is 42.1 Å². The van der Waals surface area contributed by atoms with Gasteiger partial charge < -0.3 is 14.6 Å². The molecule has 5 heteroatoms. The van der Waals surface area contributed by atoms with Gasteiger partial charge in [0, 0.05) is 31.0 Å². The first-order valence-electron chi connectivity index (χ1n) is 8.46. The summed E-state index contributed by atoms with van der Waals surface area (Å²) in [5, 5.41) is 3.09. The SMILES string of the molecule is COc1ccc(C(=O)NCC(c2cccn2C)N2CCCC2)cc1. The van der Waals surface area contributed by atoms with Crippen molar-refractivity contribution in [1.82, 2.24) is 14.8 Å². The van der Waals surface area contributed by atoms with E-state index in [0.29, 0.717) is 12.1 Å². The molecular weight excluding hydrogens is 302 g/mol. The maximum absolute atomic E-state index is 12.4. The zero-order valence-electron chi connectivity index (χ0n) is 14.4. The van der Waals surface area contributed by atoms with E-state index in [1.165, 1.54) is 18.5 Å². The smallest absolute Gasteiger partial charge is 0.251 e. The normalized spacial score (nSPS) is 16.1. The van der Waals surface area contributed by atoms with Gasteiger partial charge in [0.15, 0.2) is 0 Å². The van der Waals surface area contributed by atoms with E-state index in [-0.39, 0.29) is 11.9 Å². The summed E-state index contributed by atoms with van der Waals surface area (Å²) in [5.74, 6) is 0.710. The first-order valence-corrected chi connectivity index (χ1v) is 8.46. The molecule has 1 atom stereocenters. The highest BCUT2D eigenvalue weighted by Crippen LogP contribution is 2.24. The second-order valence-electron chi connectivity index (χ2n) is 6.24. The summed E-state index contributed by atoms with van der Waals surface area (Å²) in [5.41, 5.74) is 1.90. The number of nitrogens with one attached hydrogen (secondary N) is 1. The molecule has 1 aliphatic rings. The van der Waals surface area contributed by atoms with E-state index in [9.17, 15) is 4.79 Å². The van der Waals surface area contributed by atoms with Gasteiger partial charge in [0.1, 0.15) is 5.75 Å². The van der Waals surface area contributed by atoms with Crippen molar-refractivity contribution in [1.29, 1.82) is 0 Å². The number of hydrogen-bond donors (Lipinski definition) is 1. The van der Waals surface area contributed by atoms with Gasteiger partial charge in [0.2, 0.25) is 0 Å². The molecule has 24 heavy (non-hydrogen) atoms. The molecule has 1 aromatic carbocycles. The molecular formula is C19H25N3O2. The van der Waals surface area contributed by atoms with Crippen molar-refractivity contribution < 1.29 is 9.53 Å². The van der Waals surface area contributed by atoms with E-state index < -0.39 is 0 Å². The molecule has 1 aromatic heterocycles. The maximum atomic E-state index is 12.4. The number of ether oxygens (including phenoxy) is 1. The standard InChI is InChI=1S/C19H25N3O2/c1-21-11-5-6-17(21)18(22-12-3-4-13-22)14-20-19(23)15-7-9-16(24-2)10-8-15/h5-11,18H,3-4,12-14H2,1-2H3,(H,20,23). The molecule has 1 fully saturated rings. The number of benzene rings is 1. The minimum Gasteiger partial charge on any atom is -0.497 e. The molecule has 128 valence electrons. The predicted octanol–water partition coefficient (Wildman–Crippen LogP) is 2.60. The van der Waals surface area contributed by atoms with E-state index in [0.717, 1.165) is 18.8 Å². The third-order valence-electron chi connectivity index (χ3n) is 4.71. The van der Waals surface area contributed by atoms with Crippen molar-refractivity contribution in [3.8, 4) is 5.75 Å². The third kappa shape index (κ3) is 3.62. The van der Waals surface area contributed by atoms with Crippen LogP contribution in [0.1, 0.15) is 34.9 Å². The highest BCUT2D eigenvalue weighted by Gasteiger charge is 2.25. The fourth-order valence-electron chi connectivity index (χ4n) is 3.33. The second kappa shape index (κ2) is 7.53. The number of rotatable bonds is 6. The van der Waals surface area contributed by atoms with Crippen molar-refractivity contribution in [2.45, 2.75) is 18.9 Å². The van der Waals surface area contributed by atoms with Gasteiger partial charge in [-0.3, -0.25) is 9.69 Å². The topological polar surface area (TPSA) is 46.5 Å². The minimum absolute atomic E-state index is 0.0453. The Hall–Kier alpha value is -2.27. The van der Waals surface area contributed by atoms with Crippen LogP contribution in [0.5, 0.6) is 5.75 Å². The molecule has 0 aliphatic carbocycles. The van der Waals surface area contributed by atoms with Crippen molar-refractivity contribution >= 4 is 5.91 Å². The molecule has 2 aromatic rings. The van der Waals surface area contributed by atoms with Gasteiger partial charge >= 0.3 is 0 Å². The van der Waals surface area contributed by atoms with Crippen LogP contribution in [0.2, 0.25) is 0 Å². The minimum atomic E-state index is -0.0453. The quantitative estimate of drug-likeness (QED) is 0.887. The Labute approximate surface area is 143 Å². The zero-order chi connectivity index (χ0) is 16.9. The summed E-state index contributed by atoms with van der Waals surface area (Å²) >= 11 is 0. The van der Waals surface area contributed by atoms with Gasteiger partial charge in [-0.1, -0.05) is 0 Å². The van der Waals surface area contributed by atoms with Crippen molar-refractivity contribution in [3.05, 3.63) is 53.9 Å². The van der Waals surface area contributed by atoms with E-state index in [2.05, 4.69) is 40.2 Å². The van der Waals surface area contributed by atoms with E-state index in [1.54, 1.807) is 19.2 Å². The number of aryl methyl sites for hydroxylation is 1. The highest BCUT2D eigenvalue weighted by atomic mass is 16.5. The number of nitrogens with zero attached hydrogens (tertiary/aromatic N) is 2. The molecule has 1 N–H and O–H groups in total. The van der Waals surface area contributed by atoms with E-state index in [1.807, 2.05) is 12.1 Å². The molecule has 1 aliphatic heterocycles. The highest BCUT2D eigenvalue weighted by molar-refractivity contribution is 5.94. The first-order chi connectivity index (χ1) is 11.7. The lowest BCUT2D eigenvalue weighted by Crippen LogP contribution is -2.37. The van der Waals surface area contributed by atoms with Crippen molar-refractivity contribution in [3.63, 3.8) is 0 Å². The summed E-state index contributed by atoms with van der Waals surface area (Å²) in [4.78, 5) is 14.9.